The van der Waals surface area contributed by atoms with Crippen LogP contribution in [0.5, 0.6) is 0 Å². The minimum atomic E-state index is 0. The van der Waals surface area contributed by atoms with Crippen molar-refractivity contribution < 1.29 is 17.1 Å². The Bertz CT molecular complexity index is 2820. The molecule has 4 aromatic carbocycles. The van der Waals surface area contributed by atoms with Gasteiger partial charge in [-0.25, -0.2) is 29.9 Å². The van der Waals surface area contributed by atoms with Crippen molar-refractivity contribution in [3.63, 3.8) is 0 Å². The smallest absolute Gasteiger partial charge is 0.324 e. The van der Waals surface area contributed by atoms with Crippen molar-refractivity contribution in [3.05, 3.63) is 71.6 Å². The Morgan fingerprint density at radius 3 is 0.596 bits per heavy atom. The monoisotopic (exact) mass is 1820 g/mol. The van der Waals surface area contributed by atoms with Gasteiger partial charge in [-0.15, -0.1) is 0 Å². The first-order chi connectivity index (χ1) is 26.4. The first-order valence-corrected chi connectivity index (χ1v) is 27.4. The summed E-state index contributed by atoms with van der Waals surface area (Å²) in [6.45, 7) is 0. The molecule has 2 N–H and O–H groups in total. The van der Waals surface area contributed by atoms with Gasteiger partial charge in [-0.3, -0.25) is 0 Å². The van der Waals surface area contributed by atoms with Crippen molar-refractivity contribution in [2.75, 3.05) is 0 Å². The molecule has 0 aliphatic carbocycles. The van der Waals surface area contributed by atoms with Crippen molar-refractivity contribution in [2.24, 2.45) is 0 Å². The fourth-order valence-electron chi connectivity index (χ4n) is 6.24. The van der Waals surface area contributed by atoms with E-state index < -0.39 is 0 Å². The number of H-pyrrole nitrogens is 2. The molecule has 25 heteroatoms. The van der Waals surface area contributed by atoms with E-state index in [9.17, 15) is 0 Å². The summed E-state index contributed by atoms with van der Waals surface area (Å²) in [6, 6.07) is 0. The van der Waals surface area contributed by atoms with Gasteiger partial charge in [0.25, 0.3) is 0 Å². The third kappa shape index (κ3) is 7.05. The first kappa shape index (κ1) is 46.0. The van der Waals surface area contributed by atoms with Crippen LogP contribution in [0.25, 0.3) is 89.7 Å². The molecule has 8 nitrogen and oxygen atoms in total. The van der Waals surface area contributed by atoms with E-state index in [0.717, 1.165) is 93.1 Å². The second-order valence-electron chi connectivity index (χ2n) is 11.6. The molecule has 3 aromatic heterocycles. The molecule has 0 unspecified atom stereocenters. The van der Waals surface area contributed by atoms with E-state index >= 15 is 0 Å². The van der Waals surface area contributed by atoms with E-state index in [1.54, 1.807) is 0 Å². The zero-order chi connectivity index (χ0) is 40.1. The zero-order valence-corrected chi connectivity index (χ0v) is 52.3. The summed E-state index contributed by atoms with van der Waals surface area (Å²) < 4.78 is 12.1. The summed E-state index contributed by atoms with van der Waals surface area (Å²) in [6.07, 6.45) is 0. The van der Waals surface area contributed by atoms with Crippen LogP contribution in [0, 0.1) is 0 Å². The predicted molar refractivity (Wildman–Crippen MR) is 279 cm³/mol. The Balaban J connectivity index is 0.00000455. The summed E-state index contributed by atoms with van der Waals surface area (Å²) in [5.74, 6) is 1.59. The number of nitrogens with one attached hydrogen (secondary N) is 2. The summed E-state index contributed by atoms with van der Waals surface area (Å²) in [5, 5.41) is 2.96. The van der Waals surface area contributed by atoms with Crippen molar-refractivity contribution in [1.29, 1.82) is 0 Å². The first-order valence-electron chi connectivity index (χ1n) is 14.7. The molecule has 5 heterocycles. The number of hydrogen-bond acceptors (Lipinski definition) is 6. The maximum absolute atomic E-state index is 5.24. The number of fused-ring (bicyclic) bond motifs is 20. The Morgan fingerprint density at radius 1 is 0.228 bits per heavy atom. The molecule has 291 valence electrons. The number of rotatable bonds is 0. The third-order valence-electron chi connectivity index (χ3n) is 8.68. The number of aromatic amines is 2. The van der Waals surface area contributed by atoms with Crippen molar-refractivity contribution in [3.8, 4) is 45.6 Å². The van der Waals surface area contributed by atoms with Crippen LogP contribution in [0.3, 0.4) is 0 Å². The van der Waals surface area contributed by atoms with E-state index in [2.05, 4.69) is 265 Å². The quantitative estimate of drug-likeness (QED) is 0.0889. The Kier molecular flexibility index (Phi) is 13.7. The van der Waals surface area contributed by atoms with E-state index in [4.69, 9.17) is 29.9 Å². The molecule has 57 heavy (non-hydrogen) atoms. The van der Waals surface area contributed by atoms with Crippen LogP contribution in [-0.2, 0) is 17.1 Å². The molecule has 0 amide bonds. The van der Waals surface area contributed by atoms with Gasteiger partial charge in [0.1, 0.15) is 22.6 Å². The second-order valence-corrected chi connectivity index (χ2v) is 24.3. The van der Waals surface area contributed by atoms with Crippen LogP contribution in [0.15, 0.2) is 71.6 Å². The topological polar surface area (TPSA) is 109 Å². The van der Waals surface area contributed by atoms with Gasteiger partial charge in [0.15, 0.2) is 23.3 Å². The van der Waals surface area contributed by atoms with E-state index in [1.807, 2.05) is 0 Å². The molecule has 0 fully saturated rings. The summed E-state index contributed by atoms with van der Waals surface area (Å²) >= 11 is 60.7. The molecule has 1 radical (unpaired) electrons. The molecule has 0 atom stereocenters. The Hall–Kier alpha value is 2.44. The van der Waals surface area contributed by atoms with Crippen LogP contribution in [-0.4, -0.2) is 39.9 Å². The number of benzene rings is 4. The van der Waals surface area contributed by atoms with Gasteiger partial charge in [0.05, 0.1) is 0 Å². The summed E-state index contributed by atoms with van der Waals surface area (Å²) in [7, 11) is 0. The summed E-state index contributed by atoms with van der Waals surface area (Å²) in [5.41, 5.74) is 4.79. The average Bonchev–Trinajstić information content (AvgIpc) is 3.92. The van der Waals surface area contributed by atoms with Gasteiger partial charge in [0, 0.05) is 115 Å². The molecule has 9 rings (SSSR count). The normalized spacial score (nSPS) is 12.1. The standard InChI is InChI=1S/C32H2Br16N8.Cu/c33-9-1-2(10(34)18(42)17(9)41)26-49-25(1)53-27-3-4(12(36)20(44)19(43)11(3)35)29(50-27)55-31-7-8(16(40)24(48)23(47)15(7)39)32(52-31)56-30-6-5(28(51-30)54-26)13(37)21(45)22(46)14(6)38;/h(H2,49,50,51,52,53,54,55,56);/q;+2. The Labute approximate surface area is 465 Å². The zero-order valence-electron chi connectivity index (χ0n) is 26.0. The van der Waals surface area contributed by atoms with Crippen molar-refractivity contribution >= 4 is 299 Å². The largest absolute Gasteiger partial charge is 2.00 e. The number of halogens is 16. The SMILES string of the molecule is Brc1c(Br)c(Br)c2c(c1Br)-c1nc-2nc2[nH]c(nc3nc(nc4[nH]c(n1)c1c(Br)c(Br)c(Br)c(Br)c41)-c1c(Br)c(Br)c(Br)c(Br)c1-3)c1c(Br)c(Br)c(Br)c(Br)c21.[Cu+2]. The van der Waals surface area contributed by atoms with Crippen LogP contribution in [0.4, 0.5) is 0 Å². The van der Waals surface area contributed by atoms with Crippen molar-refractivity contribution in [2.45, 2.75) is 0 Å². The van der Waals surface area contributed by atoms with Crippen LogP contribution < -0.4 is 0 Å². The van der Waals surface area contributed by atoms with E-state index in [1.165, 1.54) is 0 Å². The van der Waals surface area contributed by atoms with Gasteiger partial charge in [-0.2, -0.15) is 0 Å². The number of hydrogen-bond donors (Lipinski definition) is 2. The van der Waals surface area contributed by atoms with Gasteiger partial charge in [0.2, 0.25) is 0 Å². The molecular formula is C32H2Br16CuN8+2. The van der Waals surface area contributed by atoms with Crippen LogP contribution in [0.2, 0.25) is 0 Å². The fraction of sp³-hybridized carbons (Fsp3) is 0. The van der Waals surface area contributed by atoms with Gasteiger partial charge >= 0.3 is 17.1 Å². The van der Waals surface area contributed by atoms with Crippen molar-refractivity contribution in [1.82, 2.24) is 39.9 Å². The molecule has 2 aliphatic heterocycles. The van der Waals surface area contributed by atoms with Crippen LogP contribution >= 0.6 is 255 Å². The van der Waals surface area contributed by atoms with E-state index in [-0.39, 0.29) is 17.1 Å². The van der Waals surface area contributed by atoms with Crippen LogP contribution in [0.1, 0.15) is 0 Å². The fourth-order valence-corrected chi connectivity index (χ4v) is 16.2. The molecular weight excluding hydrogens is 1840 g/mol. The maximum atomic E-state index is 5.24. The number of nitrogens with zero attached hydrogens (tertiary/aromatic N) is 6. The predicted octanol–water partition coefficient (Wildman–Crippen LogP) is 19.1. The molecule has 0 saturated carbocycles. The summed E-state index contributed by atoms with van der Waals surface area (Å²) in [4.78, 5) is 38.2. The molecule has 7 aromatic rings. The molecule has 0 saturated heterocycles. The van der Waals surface area contributed by atoms with Gasteiger partial charge < -0.3 is 9.97 Å². The van der Waals surface area contributed by atoms with E-state index in [0.29, 0.717) is 68.1 Å². The minimum absolute atomic E-state index is 0. The average molecular weight is 1840 g/mol. The maximum Gasteiger partial charge on any atom is 2.00 e. The molecule has 8 bridgehead atoms. The van der Waals surface area contributed by atoms with Gasteiger partial charge in [-0.05, 0) is 255 Å². The molecule has 2 aliphatic rings. The number of aromatic nitrogens is 8. The van der Waals surface area contributed by atoms with Gasteiger partial charge in [-0.1, -0.05) is 0 Å². The molecule has 0 spiro atoms. The third-order valence-corrected chi connectivity index (χ3v) is 27.8. The Morgan fingerprint density at radius 2 is 0.404 bits per heavy atom. The second kappa shape index (κ2) is 17.0. The minimum Gasteiger partial charge on any atom is -0.324 e.